The van der Waals surface area contributed by atoms with Crippen LogP contribution < -0.4 is 20.4 Å². The van der Waals surface area contributed by atoms with Gasteiger partial charge in [0.15, 0.2) is 13.1 Å². The van der Waals surface area contributed by atoms with Gasteiger partial charge in [-0.2, -0.15) is 0 Å². The van der Waals surface area contributed by atoms with Gasteiger partial charge in [0.1, 0.15) is 32.0 Å². The van der Waals surface area contributed by atoms with Crippen molar-refractivity contribution in [1.82, 2.24) is 5.32 Å². The molecule has 3 rings (SSSR count). The molecule has 0 aliphatic carbocycles. The quantitative estimate of drug-likeness (QED) is 0.478. The van der Waals surface area contributed by atoms with Crippen molar-refractivity contribution in [2.75, 3.05) is 44.6 Å². The van der Waals surface area contributed by atoms with Gasteiger partial charge in [-0.1, -0.05) is 37.3 Å². The summed E-state index contributed by atoms with van der Waals surface area (Å²) < 4.78 is 13.2. The highest BCUT2D eigenvalue weighted by Gasteiger charge is 2.26. The summed E-state index contributed by atoms with van der Waals surface area (Å²) in [6.45, 7) is 8.27. The lowest BCUT2D eigenvalue weighted by molar-refractivity contribution is -1.00. The van der Waals surface area contributed by atoms with Gasteiger partial charge < -0.3 is 20.4 Å². The second kappa shape index (κ2) is 11.0. The highest BCUT2D eigenvalue weighted by molar-refractivity contribution is 5.91. The zero-order valence-corrected chi connectivity index (χ0v) is 18.3. The average Bonchev–Trinajstić information content (AvgIpc) is 2.75. The van der Waals surface area contributed by atoms with Crippen molar-refractivity contribution in [2.45, 2.75) is 26.3 Å². The Bertz CT molecular complexity index is 879. The highest BCUT2D eigenvalue weighted by atomic mass is 19.1. The van der Waals surface area contributed by atoms with E-state index >= 15 is 0 Å². The number of hydrogen-bond donors (Lipinski definition) is 4. The molecule has 1 atom stereocenters. The van der Waals surface area contributed by atoms with Gasteiger partial charge in [-0.25, -0.2) is 4.39 Å². The van der Waals surface area contributed by atoms with Gasteiger partial charge in [-0.05, 0) is 42.7 Å². The first-order valence-electron chi connectivity index (χ1n) is 11.0. The number of benzene rings is 2. The molecule has 1 aliphatic rings. The predicted octanol–water partition coefficient (Wildman–Crippen LogP) is -0.0126. The molecule has 0 bridgehead atoms. The smallest absolute Gasteiger partial charge is 0.279 e. The van der Waals surface area contributed by atoms with Gasteiger partial charge in [0.2, 0.25) is 0 Å². The number of aryl methyl sites for hydroxylation is 1. The topological polar surface area (TPSA) is 67.1 Å². The summed E-state index contributed by atoms with van der Waals surface area (Å²) in [5.74, 6) is -0.438. The van der Waals surface area contributed by atoms with Crippen LogP contribution in [0.25, 0.3) is 0 Å². The third kappa shape index (κ3) is 7.15. The maximum Gasteiger partial charge on any atom is 0.279 e. The van der Waals surface area contributed by atoms with Gasteiger partial charge in [-0.15, -0.1) is 0 Å². The normalized spacial score (nSPS) is 19.5. The molecule has 7 heteroatoms. The van der Waals surface area contributed by atoms with Gasteiger partial charge in [-0.3, -0.25) is 9.59 Å². The van der Waals surface area contributed by atoms with E-state index in [9.17, 15) is 14.0 Å². The summed E-state index contributed by atoms with van der Waals surface area (Å²) in [6, 6.07) is 14.3. The van der Waals surface area contributed by atoms with Crippen molar-refractivity contribution < 1.29 is 23.8 Å². The molecule has 1 saturated heterocycles. The molecule has 4 N–H and O–H groups in total. The van der Waals surface area contributed by atoms with E-state index in [0.29, 0.717) is 18.8 Å². The van der Waals surface area contributed by atoms with E-state index < -0.39 is 0 Å². The molecule has 1 aliphatic heterocycles. The van der Waals surface area contributed by atoms with Gasteiger partial charge in [0.05, 0.1) is 6.04 Å². The van der Waals surface area contributed by atoms with E-state index in [1.807, 2.05) is 6.92 Å². The number of quaternary nitrogens is 2. The van der Waals surface area contributed by atoms with Crippen molar-refractivity contribution in [3.63, 3.8) is 0 Å². The Hall–Kier alpha value is -2.77. The Morgan fingerprint density at radius 1 is 0.968 bits per heavy atom. The Morgan fingerprint density at radius 2 is 1.58 bits per heavy atom. The van der Waals surface area contributed by atoms with Crippen LogP contribution in [0.3, 0.4) is 0 Å². The fraction of sp³-hybridized carbons (Fsp3) is 0.417. The van der Waals surface area contributed by atoms with Crippen molar-refractivity contribution in [3.05, 3.63) is 65.5 Å². The van der Waals surface area contributed by atoms with Crippen LogP contribution in [0.2, 0.25) is 0 Å². The number of halogens is 1. The predicted molar refractivity (Wildman–Crippen MR) is 119 cm³/mol. The van der Waals surface area contributed by atoms with E-state index in [1.165, 1.54) is 27.5 Å². The molecular weight excluding hydrogens is 395 g/mol. The molecule has 6 nitrogen and oxygen atoms in total. The highest BCUT2D eigenvalue weighted by Crippen LogP contribution is 2.13. The second-order valence-electron chi connectivity index (χ2n) is 8.30. The van der Waals surface area contributed by atoms with E-state index in [2.05, 4.69) is 41.8 Å². The molecule has 2 aromatic rings. The number of hydrogen-bond acceptors (Lipinski definition) is 2. The van der Waals surface area contributed by atoms with Crippen LogP contribution in [0.1, 0.15) is 31.0 Å². The Balaban J connectivity index is 1.38. The van der Waals surface area contributed by atoms with Gasteiger partial charge >= 0.3 is 0 Å². The second-order valence-corrected chi connectivity index (χ2v) is 8.30. The molecule has 0 spiro atoms. The number of anilines is 1. The molecule has 0 unspecified atom stereocenters. The zero-order valence-electron chi connectivity index (χ0n) is 18.3. The average molecular weight is 429 g/mol. The molecule has 0 saturated carbocycles. The molecule has 2 aromatic carbocycles. The number of carbonyl (C=O) groups is 2. The van der Waals surface area contributed by atoms with E-state index in [4.69, 9.17) is 0 Å². The largest absolute Gasteiger partial charge is 0.345 e. The monoisotopic (exact) mass is 428 g/mol. The Morgan fingerprint density at radius 3 is 2.16 bits per heavy atom. The van der Waals surface area contributed by atoms with E-state index in [0.717, 1.165) is 38.2 Å². The van der Waals surface area contributed by atoms with Crippen LogP contribution >= 0.6 is 0 Å². The van der Waals surface area contributed by atoms with Crippen LogP contribution in [0, 0.1) is 5.82 Å². The van der Waals surface area contributed by atoms with Crippen LogP contribution in [-0.2, 0) is 16.0 Å². The van der Waals surface area contributed by atoms with Crippen molar-refractivity contribution >= 4 is 17.5 Å². The number of piperazine rings is 1. The summed E-state index contributed by atoms with van der Waals surface area (Å²) in [5, 5.41) is 5.84. The minimum absolute atomic E-state index is 0.0174. The SMILES string of the molecule is CCc1ccc([C@H](C)NC(=O)C[NH+]2CC[NH+](CC(=O)Nc3cccc(F)c3)CC2)cc1. The minimum atomic E-state index is -0.368. The number of amides is 2. The first kappa shape index (κ1) is 22.9. The van der Waals surface area contributed by atoms with Crippen LogP contribution in [0.5, 0.6) is 0 Å². The fourth-order valence-electron chi connectivity index (χ4n) is 3.95. The summed E-state index contributed by atoms with van der Waals surface area (Å²) in [4.78, 5) is 27.1. The first-order valence-corrected chi connectivity index (χ1v) is 11.0. The molecular formula is C24H33FN4O2+2. The van der Waals surface area contributed by atoms with Crippen molar-refractivity contribution in [2.24, 2.45) is 0 Å². The third-order valence-corrected chi connectivity index (χ3v) is 5.86. The molecule has 0 aromatic heterocycles. The molecule has 1 fully saturated rings. The number of nitrogens with one attached hydrogen (secondary N) is 4. The summed E-state index contributed by atoms with van der Waals surface area (Å²) in [7, 11) is 0. The molecule has 1 heterocycles. The Labute approximate surface area is 183 Å². The minimum Gasteiger partial charge on any atom is -0.345 e. The zero-order chi connectivity index (χ0) is 22.2. The first-order chi connectivity index (χ1) is 14.9. The summed E-state index contributed by atoms with van der Waals surface area (Å²) >= 11 is 0. The van der Waals surface area contributed by atoms with Crippen LogP contribution in [-0.4, -0.2) is 51.1 Å². The lowest BCUT2D eigenvalue weighted by Gasteiger charge is -2.29. The van der Waals surface area contributed by atoms with E-state index in [1.54, 1.807) is 12.1 Å². The van der Waals surface area contributed by atoms with Crippen molar-refractivity contribution in [1.29, 1.82) is 0 Å². The number of carbonyl (C=O) groups excluding carboxylic acids is 2. The molecule has 166 valence electrons. The molecule has 2 amide bonds. The Kier molecular flexibility index (Phi) is 8.14. The van der Waals surface area contributed by atoms with Crippen LogP contribution in [0.15, 0.2) is 48.5 Å². The standard InChI is InChI=1S/C24H31FN4O2/c1-3-19-7-9-20(10-8-19)18(2)26-23(30)16-28-11-13-29(14-12-28)17-24(31)27-22-6-4-5-21(25)15-22/h4-10,15,18H,3,11-14,16-17H2,1-2H3,(H,26,30)(H,27,31)/p+2/t18-/m0/s1. The third-order valence-electron chi connectivity index (χ3n) is 5.86. The lowest BCUT2D eigenvalue weighted by Crippen LogP contribution is -3.28. The maximum absolute atomic E-state index is 13.2. The van der Waals surface area contributed by atoms with Crippen molar-refractivity contribution in [3.8, 4) is 0 Å². The molecule has 0 radical (unpaired) electrons. The number of rotatable bonds is 8. The van der Waals surface area contributed by atoms with E-state index in [-0.39, 0.29) is 23.7 Å². The summed E-state index contributed by atoms with van der Waals surface area (Å²) in [6.07, 6.45) is 1.00. The van der Waals surface area contributed by atoms with Gasteiger partial charge in [0.25, 0.3) is 11.8 Å². The summed E-state index contributed by atoms with van der Waals surface area (Å²) in [5.41, 5.74) is 2.87. The molecule has 31 heavy (non-hydrogen) atoms. The fourth-order valence-corrected chi connectivity index (χ4v) is 3.95. The van der Waals surface area contributed by atoms with Crippen LogP contribution in [0.4, 0.5) is 10.1 Å². The maximum atomic E-state index is 13.2. The van der Waals surface area contributed by atoms with Gasteiger partial charge in [0, 0.05) is 5.69 Å². The lowest BCUT2D eigenvalue weighted by atomic mass is 10.1.